The third-order valence-corrected chi connectivity index (χ3v) is 2.12. The predicted octanol–water partition coefficient (Wildman–Crippen LogP) is 1.97. The van der Waals surface area contributed by atoms with Gasteiger partial charge in [-0.05, 0) is 32.0 Å². The first-order chi connectivity index (χ1) is 10.3. The van der Waals surface area contributed by atoms with E-state index in [-0.39, 0.29) is 18.1 Å². The molecule has 0 aliphatic carbocycles. The maximum absolute atomic E-state index is 10.9. The molecule has 0 bridgehead atoms. The summed E-state index contributed by atoms with van der Waals surface area (Å²) in [6.07, 6.45) is -0.361. The lowest BCUT2D eigenvalue weighted by atomic mass is 10.2. The van der Waals surface area contributed by atoms with Crippen molar-refractivity contribution in [2.45, 2.75) is 27.2 Å². The second kappa shape index (κ2) is 9.94. The van der Waals surface area contributed by atoms with E-state index in [2.05, 4.69) is 5.32 Å². The molecule has 0 saturated carbocycles. The SMILES string of the molecule is CC(=O)CC(=O)O.CCOc1ccc(C#N)cc1NC(C)=O. The summed E-state index contributed by atoms with van der Waals surface area (Å²) in [5, 5.41) is 19.2. The third kappa shape index (κ3) is 8.32. The average Bonchev–Trinajstić information content (AvgIpc) is 2.39. The van der Waals surface area contributed by atoms with Crippen molar-refractivity contribution < 1.29 is 24.2 Å². The van der Waals surface area contributed by atoms with E-state index in [1.165, 1.54) is 13.8 Å². The Hall–Kier alpha value is -2.88. The summed E-state index contributed by atoms with van der Waals surface area (Å²) in [4.78, 5) is 30.4. The highest BCUT2D eigenvalue weighted by Crippen LogP contribution is 2.25. The van der Waals surface area contributed by atoms with Crippen molar-refractivity contribution in [2.24, 2.45) is 0 Å². The van der Waals surface area contributed by atoms with Gasteiger partial charge in [0.05, 0.1) is 23.9 Å². The summed E-state index contributed by atoms with van der Waals surface area (Å²) in [5.41, 5.74) is 1.02. The number of carbonyl (C=O) groups is 3. The van der Waals surface area contributed by atoms with Crippen molar-refractivity contribution >= 4 is 23.3 Å². The van der Waals surface area contributed by atoms with Gasteiger partial charge < -0.3 is 15.2 Å². The summed E-state index contributed by atoms with van der Waals surface area (Å²) in [7, 11) is 0. The number of anilines is 1. The normalized spacial score (nSPS) is 8.82. The molecule has 118 valence electrons. The van der Waals surface area contributed by atoms with E-state index in [0.717, 1.165) is 0 Å². The molecule has 0 spiro atoms. The van der Waals surface area contributed by atoms with E-state index >= 15 is 0 Å². The average molecular weight is 306 g/mol. The number of amides is 1. The summed E-state index contributed by atoms with van der Waals surface area (Å²) in [6, 6.07) is 6.92. The number of carbonyl (C=O) groups excluding carboxylic acids is 2. The number of hydrogen-bond acceptors (Lipinski definition) is 5. The Morgan fingerprint density at radius 3 is 2.32 bits per heavy atom. The number of aliphatic carboxylic acids is 1. The van der Waals surface area contributed by atoms with Crippen LogP contribution in [0.25, 0.3) is 0 Å². The first kappa shape index (κ1) is 19.1. The summed E-state index contributed by atoms with van der Waals surface area (Å²) in [6.45, 7) is 5.02. The van der Waals surface area contributed by atoms with Gasteiger partial charge in [-0.15, -0.1) is 0 Å². The standard InChI is InChI=1S/C11H12N2O2.C4H6O3/c1-3-15-11-5-4-9(7-12)6-10(11)13-8(2)14;1-3(5)2-4(6)7/h4-6H,3H2,1-2H3,(H,13,14);2H2,1H3,(H,6,7). The molecule has 0 atom stereocenters. The maximum Gasteiger partial charge on any atom is 0.310 e. The number of carboxylic acids is 1. The predicted molar refractivity (Wildman–Crippen MR) is 79.6 cm³/mol. The number of ether oxygens (including phenoxy) is 1. The minimum absolute atomic E-state index is 0.189. The topological polar surface area (TPSA) is 116 Å². The zero-order chi connectivity index (χ0) is 17.1. The Balaban J connectivity index is 0.000000534. The molecule has 0 aliphatic rings. The monoisotopic (exact) mass is 306 g/mol. The molecule has 2 N–H and O–H groups in total. The number of hydrogen-bond donors (Lipinski definition) is 2. The van der Waals surface area contributed by atoms with Gasteiger partial charge in [-0.2, -0.15) is 5.26 Å². The lowest BCUT2D eigenvalue weighted by molar-refractivity contribution is -0.139. The molecule has 0 radical (unpaired) electrons. The van der Waals surface area contributed by atoms with Gasteiger partial charge in [-0.1, -0.05) is 0 Å². The maximum atomic E-state index is 10.9. The molecule has 0 aromatic heterocycles. The second-order valence-electron chi connectivity index (χ2n) is 4.21. The van der Waals surface area contributed by atoms with E-state index in [1.807, 2.05) is 13.0 Å². The largest absolute Gasteiger partial charge is 0.492 e. The Bertz CT molecular complexity index is 578. The van der Waals surface area contributed by atoms with Crippen LogP contribution in [0.3, 0.4) is 0 Å². The minimum atomic E-state index is -1.06. The quantitative estimate of drug-likeness (QED) is 0.803. The van der Waals surface area contributed by atoms with Gasteiger partial charge in [-0.25, -0.2) is 0 Å². The van der Waals surface area contributed by atoms with Crippen LogP contribution in [0.1, 0.15) is 32.8 Å². The van der Waals surface area contributed by atoms with Crippen molar-refractivity contribution in [2.75, 3.05) is 11.9 Å². The molecule has 1 amide bonds. The van der Waals surface area contributed by atoms with E-state index in [9.17, 15) is 14.4 Å². The summed E-state index contributed by atoms with van der Waals surface area (Å²) >= 11 is 0. The minimum Gasteiger partial charge on any atom is -0.492 e. The highest BCUT2D eigenvalue weighted by molar-refractivity contribution is 5.93. The molecule has 1 aromatic rings. The molecule has 0 saturated heterocycles. The lowest BCUT2D eigenvalue weighted by Gasteiger charge is -2.10. The Labute approximate surface area is 128 Å². The molecular weight excluding hydrogens is 288 g/mol. The van der Waals surface area contributed by atoms with Gasteiger partial charge in [0, 0.05) is 6.92 Å². The van der Waals surface area contributed by atoms with E-state index in [0.29, 0.717) is 23.6 Å². The Morgan fingerprint density at radius 2 is 1.95 bits per heavy atom. The number of ketones is 1. The Morgan fingerprint density at radius 1 is 1.32 bits per heavy atom. The van der Waals surface area contributed by atoms with Crippen molar-refractivity contribution in [1.82, 2.24) is 0 Å². The molecule has 1 aromatic carbocycles. The van der Waals surface area contributed by atoms with E-state index in [4.69, 9.17) is 15.1 Å². The van der Waals surface area contributed by atoms with Gasteiger partial charge in [0.1, 0.15) is 18.0 Å². The Kier molecular flexibility index (Phi) is 8.63. The second-order valence-corrected chi connectivity index (χ2v) is 4.21. The van der Waals surface area contributed by atoms with Crippen LogP contribution in [-0.2, 0) is 14.4 Å². The molecule has 0 heterocycles. The number of nitrogens with zero attached hydrogens (tertiary/aromatic N) is 1. The fourth-order valence-electron chi connectivity index (χ4n) is 1.38. The van der Waals surface area contributed by atoms with Crippen molar-refractivity contribution in [1.29, 1.82) is 5.26 Å². The number of nitrogens with one attached hydrogen (secondary N) is 1. The van der Waals surface area contributed by atoms with Crippen LogP contribution in [0.15, 0.2) is 18.2 Å². The van der Waals surface area contributed by atoms with Crippen LogP contribution in [0.4, 0.5) is 5.69 Å². The van der Waals surface area contributed by atoms with Gasteiger partial charge in [-0.3, -0.25) is 14.4 Å². The molecule has 1 rings (SSSR count). The van der Waals surface area contributed by atoms with Crippen molar-refractivity contribution in [3.8, 4) is 11.8 Å². The van der Waals surface area contributed by atoms with Crippen LogP contribution >= 0.6 is 0 Å². The molecule has 22 heavy (non-hydrogen) atoms. The first-order valence-electron chi connectivity index (χ1n) is 6.45. The molecular formula is C15H18N2O5. The number of rotatable bonds is 5. The first-order valence-corrected chi connectivity index (χ1v) is 6.45. The van der Waals surface area contributed by atoms with Gasteiger partial charge in [0.2, 0.25) is 5.91 Å². The van der Waals surface area contributed by atoms with Crippen LogP contribution in [0.2, 0.25) is 0 Å². The van der Waals surface area contributed by atoms with Crippen LogP contribution in [0, 0.1) is 11.3 Å². The molecule has 7 heteroatoms. The molecule has 7 nitrogen and oxygen atoms in total. The van der Waals surface area contributed by atoms with Crippen LogP contribution in [-0.4, -0.2) is 29.4 Å². The van der Waals surface area contributed by atoms with Gasteiger partial charge in [0.15, 0.2) is 0 Å². The smallest absolute Gasteiger partial charge is 0.310 e. The summed E-state index contributed by atoms with van der Waals surface area (Å²) in [5.74, 6) is -0.988. The third-order valence-electron chi connectivity index (χ3n) is 2.12. The zero-order valence-corrected chi connectivity index (χ0v) is 12.7. The summed E-state index contributed by atoms with van der Waals surface area (Å²) < 4.78 is 5.31. The van der Waals surface area contributed by atoms with Crippen molar-refractivity contribution in [3.63, 3.8) is 0 Å². The fourth-order valence-corrected chi connectivity index (χ4v) is 1.38. The van der Waals surface area contributed by atoms with Crippen molar-refractivity contribution in [3.05, 3.63) is 23.8 Å². The zero-order valence-electron chi connectivity index (χ0n) is 12.7. The van der Waals surface area contributed by atoms with Crippen LogP contribution in [0.5, 0.6) is 5.75 Å². The molecule has 0 unspecified atom stereocenters. The van der Waals surface area contributed by atoms with Crippen LogP contribution < -0.4 is 10.1 Å². The number of Topliss-reactive ketones (excluding diaryl/α,β-unsaturated/α-hetero) is 1. The number of nitriles is 1. The van der Waals surface area contributed by atoms with Gasteiger partial charge in [0.25, 0.3) is 0 Å². The van der Waals surface area contributed by atoms with Gasteiger partial charge >= 0.3 is 5.97 Å². The molecule has 0 fully saturated rings. The highest BCUT2D eigenvalue weighted by atomic mass is 16.5. The van der Waals surface area contributed by atoms with E-state index in [1.54, 1.807) is 18.2 Å². The lowest BCUT2D eigenvalue weighted by Crippen LogP contribution is -2.08. The molecule has 0 aliphatic heterocycles. The van der Waals surface area contributed by atoms with E-state index < -0.39 is 5.97 Å². The number of carboxylic acid groups (broad SMARTS) is 1. The highest BCUT2D eigenvalue weighted by Gasteiger charge is 2.06. The number of benzene rings is 1. The fraction of sp³-hybridized carbons (Fsp3) is 0.333.